The number of phenols is 1. The number of carboxylic acid groups (broad SMARTS) is 1. The Morgan fingerprint density at radius 1 is 1.37 bits per heavy atom. The van der Waals surface area contributed by atoms with Gasteiger partial charge in [0.1, 0.15) is 28.9 Å². The Bertz CT molecular complexity index is 849. The van der Waals surface area contributed by atoms with Gasteiger partial charge in [-0.05, 0) is 30.2 Å². The normalized spacial score (nSPS) is 23.0. The number of thioether (sulfide) groups is 1. The minimum Gasteiger partial charge on any atom is -0.508 e. The number of nitrogens with one attached hydrogen (secondary N) is 1. The second-order valence-electron chi connectivity index (χ2n) is 6.14. The lowest BCUT2D eigenvalue weighted by Crippen LogP contribution is -2.71. The molecule has 1 aromatic carbocycles. The van der Waals surface area contributed by atoms with Crippen LogP contribution in [-0.4, -0.2) is 50.1 Å². The van der Waals surface area contributed by atoms with Gasteiger partial charge in [0.05, 0.1) is 0 Å². The van der Waals surface area contributed by atoms with Crippen LogP contribution >= 0.6 is 11.8 Å². The Morgan fingerprint density at radius 2 is 2.04 bits per heavy atom. The summed E-state index contributed by atoms with van der Waals surface area (Å²) in [6.07, 6.45) is 3.39. The molecule has 3 rings (SSSR count). The molecular weight excluding hydrogens is 370 g/mol. The van der Waals surface area contributed by atoms with Gasteiger partial charge in [0, 0.05) is 5.75 Å². The molecule has 0 saturated carbocycles. The van der Waals surface area contributed by atoms with Gasteiger partial charge < -0.3 is 21.3 Å². The summed E-state index contributed by atoms with van der Waals surface area (Å²) >= 11 is 1.39. The summed E-state index contributed by atoms with van der Waals surface area (Å²) in [4.78, 5) is 37.7. The first-order chi connectivity index (χ1) is 12.8. The van der Waals surface area contributed by atoms with Crippen molar-refractivity contribution >= 4 is 29.5 Å². The molecule has 1 fully saturated rings. The van der Waals surface area contributed by atoms with E-state index in [1.165, 1.54) is 40.9 Å². The van der Waals surface area contributed by atoms with Crippen molar-refractivity contribution in [3.05, 3.63) is 53.3 Å². The lowest BCUT2D eigenvalue weighted by atomic mass is 10.0. The number of carboxylic acids is 1. The summed E-state index contributed by atoms with van der Waals surface area (Å²) in [6.45, 7) is 1.77. The van der Waals surface area contributed by atoms with Gasteiger partial charge in [-0.2, -0.15) is 0 Å². The number of aliphatic carboxylic acids is 1. The molecule has 27 heavy (non-hydrogen) atoms. The SMILES string of the molecule is C/C=C\C1=C(C(=O)O)N2C(=O)[C@@H](NC(=O)C(N)c3ccc(O)cc3)[C@@H]2SC1. The van der Waals surface area contributed by atoms with Crippen LogP contribution in [0.3, 0.4) is 0 Å². The average molecular weight is 389 g/mol. The molecule has 3 atom stereocenters. The summed E-state index contributed by atoms with van der Waals surface area (Å²) in [5.41, 5.74) is 6.93. The molecule has 2 amide bonds. The first kappa shape index (κ1) is 19.0. The molecule has 0 aromatic heterocycles. The number of nitrogens with zero attached hydrogens (tertiary/aromatic N) is 1. The molecule has 1 unspecified atom stereocenters. The summed E-state index contributed by atoms with van der Waals surface area (Å²) in [5, 5.41) is 20.9. The Kier molecular flexibility index (Phi) is 5.24. The summed E-state index contributed by atoms with van der Waals surface area (Å²) < 4.78 is 0. The fourth-order valence-electron chi connectivity index (χ4n) is 3.05. The maximum atomic E-state index is 12.5. The van der Waals surface area contributed by atoms with Crippen molar-refractivity contribution in [3.63, 3.8) is 0 Å². The number of nitrogens with two attached hydrogens (primary N) is 1. The Balaban J connectivity index is 1.74. The van der Waals surface area contributed by atoms with Crippen LogP contribution in [0.5, 0.6) is 5.75 Å². The van der Waals surface area contributed by atoms with Gasteiger partial charge in [-0.1, -0.05) is 24.3 Å². The van der Waals surface area contributed by atoms with E-state index in [1.807, 2.05) is 0 Å². The van der Waals surface area contributed by atoms with Crippen molar-refractivity contribution in [3.8, 4) is 5.75 Å². The molecule has 2 aliphatic rings. The topological polar surface area (TPSA) is 133 Å². The molecule has 0 radical (unpaired) electrons. The van der Waals surface area contributed by atoms with Gasteiger partial charge in [-0.15, -0.1) is 11.8 Å². The number of carbonyl (C=O) groups is 3. The summed E-state index contributed by atoms with van der Waals surface area (Å²) in [7, 11) is 0. The summed E-state index contributed by atoms with van der Waals surface area (Å²) in [6, 6.07) is 4.06. The minimum atomic E-state index is -1.17. The third-order valence-corrected chi connectivity index (χ3v) is 5.70. The van der Waals surface area contributed by atoms with Crippen LogP contribution < -0.4 is 11.1 Å². The van der Waals surface area contributed by atoms with Crippen molar-refractivity contribution < 1.29 is 24.6 Å². The first-order valence-corrected chi connectivity index (χ1v) is 9.28. The molecule has 2 aliphatic heterocycles. The van der Waals surface area contributed by atoms with E-state index in [0.29, 0.717) is 16.9 Å². The third-order valence-electron chi connectivity index (χ3n) is 4.40. The van der Waals surface area contributed by atoms with E-state index in [9.17, 15) is 24.6 Å². The van der Waals surface area contributed by atoms with E-state index in [2.05, 4.69) is 5.32 Å². The predicted octanol–water partition coefficient (Wildman–Crippen LogP) is 0.707. The molecule has 1 saturated heterocycles. The van der Waals surface area contributed by atoms with Gasteiger partial charge in [0.25, 0.3) is 5.91 Å². The van der Waals surface area contributed by atoms with Gasteiger partial charge in [-0.25, -0.2) is 4.79 Å². The van der Waals surface area contributed by atoms with Crippen molar-refractivity contribution in [2.45, 2.75) is 24.4 Å². The highest BCUT2D eigenvalue weighted by molar-refractivity contribution is 8.00. The van der Waals surface area contributed by atoms with Crippen LogP contribution in [0, 0.1) is 0 Å². The maximum Gasteiger partial charge on any atom is 0.352 e. The second kappa shape index (κ2) is 7.45. The molecule has 8 nitrogen and oxygen atoms in total. The van der Waals surface area contributed by atoms with Crippen molar-refractivity contribution in [2.24, 2.45) is 5.73 Å². The van der Waals surface area contributed by atoms with E-state index >= 15 is 0 Å². The number of rotatable bonds is 5. The molecule has 2 heterocycles. The van der Waals surface area contributed by atoms with Crippen LogP contribution in [-0.2, 0) is 14.4 Å². The Morgan fingerprint density at radius 3 is 2.63 bits per heavy atom. The smallest absolute Gasteiger partial charge is 0.352 e. The number of phenolic OH excluding ortho intramolecular Hbond substituents is 1. The number of hydrogen-bond donors (Lipinski definition) is 4. The van der Waals surface area contributed by atoms with Crippen LogP contribution in [0.1, 0.15) is 18.5 Å². The fourth-order valence-corrected chi connectivity index (χ4v) is 4.37. The highest BCUT2D eigenvalue weighted by atomic mass is 32.2. The highest BCUT2D eigenvalue weighted by Gasteiger charge is 2.54. The van der Waals surface area contributed by atoms with Crippen molar-refractivity contribution in [1.82, 2.24) is 10.2 Å². The molecule has 0 aliphatic carbocycles. The molecule has 1 aromatic rings. The van der Waals surface area contributed by atoms with Gasteiger partial charge in [0.15, 0.2) is 0 Å². The van der Waals surface area contributed by atoms with E-state index in [-0.39, 0.29) is 11.4 Å². The van der Waals surface area contributed by atoms with E-state index in [4.69, 9.17) is 5.73 Å². The zero-order valence-corrected chi connectivity index (χ0v) is 15.3. The zero-order chi connectivity index (χ0) is 19.7. The summed E-state index contributed by atoms with van der Waals surface area (Å²) in [5.74, 6) is -1.71. The van der Waals surface area contributed by atoms with E-state index < -0.39 is 35.2 Å². The van der Waals surface area contributed by atoms with E-state index in [1.54, 1.807) is 19.1 Å². The molecule has 9 heteroatoms. The quantitative estimate of drug-likeness (QED) is 0.545. The Hall–Kier alpha value is -2.78. The van der Waals surface area contributed by atoms with Gasteiger partial charge >= 0.3 is 5.97 Å². The van der Waals surface area contributed by atoms with Crippen LogP contribution in [0.2, 0.25) is 0 Å². The number of hydrogen-bond acceptors (Lipinski definition) is 6. The number of fused-ring (bicyclic) bond motifs is 1. The van der Waals surface area contributed by atoms with Crippen LogP contribution in [0.25, 0.3) is 0 Å². The number of allylic oxidation sites excluding steroid dienone is 2. The lowest BCUT2D eigenvalue weighted by Gasteiger charge is -2.49. The standard InChI is InChI=1S/C18H19N3O5S/c1-2-3-10-8-27-17-13(16(24)21(17)14(10)18(25)26)20-15(23)12(19)9-4-6-11(22)7-5-9/h2-7,12-13,17,22H,8,19H2,1H3,(H,20,23)(H,25,26)/b3-2-/t12?,13-,17+/m1/s1. The average Bonchev–Trinajstić information content (AvgIpc) is 2.65. The number of carbonyl (C=O) groups excluding carboxylic acids is 2. The van der Waals surface area contributed by atoms with Crippen molar-refractivity contribution in [2.75, 3.05) is 5.75 Å². The molecular formula is C18H19N3O5S. The van der Waals surface area contributed by atoms with Crippen molar-refractivity contribution in [1.29, 1.82) is 0 Å². The third kappa shape index (κ3) is 3.43. The van der Waals surface area contributed by atoms with Crippen LogP contribution in [0.15, 0.2) is 47.7 Å². The molecule has 142 valence electrons. The highest BCUT2D eigenvalue weighted by Crippen LogP contribution is 2.40. The number of aromatic hydroxyl groups is 1. The Labute approximate surface area is 159 Å². The maximum absolute atomic E-state index is 12.5. The molecule has 0 bridgehead atoms. The largest absolute Gasteiger partial charge is 0.508 e. The first-order valence-electron chi connectivity index (χ1n) is 8.24. The zero-order valence-electron chi connectivity index (χ0n) is 14.5. The van der Waals surface area contributed by atoms with E-state index in [0.717, 1.165) is 0 Å². The monoisotopic (exact) mass is 389 g/mol. The molecule has 5 N–H and O–H groups in total. The number of amides is 2. The van der Waals surface area contributed by atoms with Gasteiger partial charge in [0.2, 0.25) is 5.91 Å². The number of β-lactam (4-membered cyclic amide) rings is 1. The minimum absolute atomic E-state index is 0.0461. The predicted molar refractivity (Wildman–Crippen MR) is 99.5 cm³/mol. The lowest BCUT2D eigenvalue weighted by molar-refractivity contribution is -0.150. The fraction of sp³-hybridized carbons (Fsp3) is 0.278. The van der Waals surface area contributed by atoms with Gasteiger partial charge in [-0.3, -0.25) is 14.5 Å². The van der Waals surface area contributed by atoms with Crippen LogP contribution in [0.4, 0.5) is 0 Å². The number of benzene rings is 1. The second-order valence-corrected chi connectivity index (χ2v) is 7.25. The molecule has 0 spiro atoms.